The van der Waals surface area contributed by atoms with Gasteiger partial charge in [-0.2, -0.15) is 5.06 Å². The van der Waals surface area contributed by atoms with Gasteiger partial charge in [-0.05, 0) is 12.5 Å². The van der Waals surface area contributed by atoms with E-state index in [2.05, 4.69) is 10.3 Å². The monoisotopic (exact) mass is 356 g/mol. The molecule has 2 unspecified atom stereocenters. The van der Waals surface area contributed by atoms with Gasteiger partial charge in [0.25, 0.3) is 0 Å². The molecule has 138 valence electrons. The average Bonchev–Trinajstić information content (AvgIpc) is 3.02. The van der Waals surface area contributed by atoms with Gasteiger partial charge in [-0.3, -0.25) is 15.0 Å². The molecular weight excluding hydrogens is 332 g/mol. The van der Waals surface area contributed by atoms with E-state index in [0.29, 0.717) is 11.7 Å². The molecule has 2 N–H and O–H groups in total. The number of guanidine groups is 1. The number of amides is 2. The van der Waals surface area contributed by atoms with E-state index in [1.54, 1.807) is 23.0 Å². The van der Waals surface area contributed by atoms with Crippen molar-refractivity contribution in [3.05, 3.63) is 47.8 Å². The molecular formula is C18H24N6O2. The standard InChI is InChI=1S/C18H24N6O2/c1-13(14-6-4-3-5-7-14)23-12-15-16(21(2)18(23)25)20-17(24(15)26)22-10-8-19-9-11-22/h3-7,12-13,16,19,26H,8-11H2,1-2H3. The van der Waals surface area contributed by atoms with E-state index in [4.69, 9.17) is 0 Å². The second kappa shape index (κ2) is 6.62. The third-order valence-electron chi connectivity index (χ3n) is 5.20. The van der Waals surface area contributed by atoms with Crippen molar-refractivity contribution in [1.82, 2.24) is 25.1 Å². The Hall–Kier alpha value is -2.58. The lowest BCUT2D eigenvalue weighted by atomic mass is 10.1. The zero-order valence-corrected chi connectivity index (χ0v) is 15.0. The molecule has 0 saturated carbocycles. The van der Waals surface area contributed by atoms with E-state index < -0.39 is 6.17 Å². The van der Waals surface area contributed by atoms with Gasteiger partial charge in [0.1, 0.15) is 5.70 Å². The van der Waals surface area contributed by atoms with E-state index in [9.17, 15) is 10.0 Å². The van der Waals surface area contributed by atoms with Gasteiger partial charge in [0.2, 0.25) is 5.96 Å². The Kier molecular flexibility index (Phi) is 4.29. The molecule has 26 heavy (non-hydrogen) atoms. The molecule has 4 rings (SSSR count). The van der Waals surface area contributed by atoms with Crippen LogP contribution in [0.25, 0.3) is 0 Å². The van der Waals surface area contributed by atoms with Crippen LogP contribution in [0.2, 0.25) is 0 Å². The van der Waals surface area contributed by atoms with Crippen LogP contribution in [-0.2, 0) is 0 Å². The topological polar surface area (TPSA) is 74.7 Å². The maximum absolute atomic E-state index is 12.9. The Morgan fingerprint density at radius 3 is 2.62 bits per heavy atom. The number of rotatable bonds is 2. The van der Waals surface area contributed by atoms with Crippen LogP contribution in [-0.4, -0.2) is 76.4 Å². The van der Waals surface area contributed by atoms with E-state index >= 15 is 0 Å². The summed E-state index contributed by atoms with van der Waals surface area (Å²) in [5.74, 6) is 0.511. The lowest BCUT2D eigenvalue weighted by Gasteiger charge is -2.38. The molecule has 0 radical (unpaired) electrons. The lowest BCUT2D eigenvalue weighted by Crippen LogP contribution is -2.51. The van der Waals surface area contributed by atoms with Crippen LogP contribution < -0.4 is 5.32 Å². The SMILES string of the molecule is CC(c1ccccc1)N1C=C2C(N=C(N3CCNCC3)N2O)N(C)C1=O. The van der Waals surface area contributed by atoms with Gasteiger partial charge in [0.05, 0.1) is 6.04 Å². The molecule has 1 saturated heterocycles. The number of nitrogens with one attached hydrogen (secondary N) is 1. The molecule has 2 amide bonds. The van der Waals surface area contributed by atoms with Crippen molar-refractivity contribution in [2.75, 3.05) is 33.2 Å². The van der Waals surface area contributed by atoms with Crippen LogP contribution in [0.3, 0.4) is 0 Å². The van der Waals surface area contributed by atoms with Crippen molar-refractivity contribution in [3.8, 4) is 0 Å². The van der Waals surface area contributed by atoms with Crippen molar-refractivity contribution < 1.29 is 10.0 Å². The second-order valence-corrected chi connectivity index (χ2v) is 6.79. The van der Waals surface area contributed by atoms with Crippen molar-refractivity contribution in [2.24, 2.45) is 4.99 Å². The third kappa shape index (κ3) is 2.71. The summed E-state index contributed by atoms with van der Waals surface area (Å²) in [5, 5.41) is 15.1. The molecule has 0 spiro atoms. The molecule has 0 bridgehead atoms. The Balaban J connectivity index is 1.63. The van der Waals surface area contributed by atoms with Crippen molar-refractivity contribution in [1.29, 1.82) is 0 Å². The maximum Gasteiger partial charge on any atom is 0.326 e. The van der Waals surface area contributed by atoms with Crippen LogP contribution in [0, 0.1) is 0 Å². The lowest BCUT2D eigenvalue weighted by molar-refractivity contribution is 0.000309. The number of hydroxylamine groups is 2. The van der Waals surface area contributed by atoms with Crippen molar-refractivity contribution in [3.63, 3.8) is 0 Å². The summed E-state index contributed by atoms with van der Waals surface area (Å²) in [4.78, 5) is 22.8. The summed E-state index contributed by atoms with van der Waals surface area (Å²) in [6, 6.07) is 9.59. The fourth-order valence-electron chi connectivity index (χ4n) is 3.60. The molecule has 0 aromatic heterocycles. The Bertz CT molecular complexity index is 743. The molecule has 0 aliphatic carbocycles. The first kappa shape index (κ1) is 16.9. The van der Waals surface area contributed by atoms with Gasteiger partial charge in [-0.1, -0.05) is 30.3 Å². The zero-order valence-electron chi connectivity index (χ0n) is 15.0. The predicted octanol–water partition coefficient (Wildman–Crippen LogP) is 1.25. The molecule has 8 heteroatoms. The Labute approximate surface area is 152 Å². The Morgan fingerprint density at radius 1 is 1.23 bits per heavy atom. The number of benzene rings is 1. The number of aliphatic imine (C=N–C) groups is 1. The zero-order chi connectivity index (χ0) is 18.3. The highest BCUT2D eigenvalue weighted by Gasteiger charge is 2.43. The van der Waals surface area contributed by atoms with Crippen LogP contribution in [0.1, 0.15) is 18.5 Å². The number of fused-ring (bicyclic) bond motifs is 1. The molecule has 3 aliphatic heterocycles. The number of hydrogen-bond donors (Lipinski definition) is 2. The number of likely N-dealkylation sites (N-methyl/N-ethyl adjacent to an activating group) is 1. The van der Waals surface area contributed by atoms with Gasteiger partial charge in [-0.15, -0.1) is 0 Å². The smallest absolute Gasteiger partial charge is 0.326 e. The van der Waals surface area contributed by atoms with E-state index in [1.165, 1.54) is 0 Å². The van der Waals surface area contributed by atoms with Gasteiger partial charge in [0.15, 0.2) is 6.17 Å². The average molecular weight is 356 g/mol. The minimum atomic E-state index is -0.489. The molecule has 1 fully saturated rings. The number of carbonyl (C=O) groups excluding carboxylic acids is 1. The number of nitrogens with zero attached hydrogens (tertiary/aromatic N) is 5. The summed E-state index contributed by atoms with van der Waals surface area (Å²) in [6.45, 7) is 5.23. The number of hydrogen-bond acceptors (Lipinski definition) is 6. The second-order valence-electron chi connectivity index (χ2n) is 6.79. The quantitative estimate of drug-likeness (QED) is 0.834. The highest BCUT2D eigenvalue weighted by molar-refractivity contribution is 5.86. The molecule has 3 aliphatic rings. The fourth-order valence-corrected chi connectivity index (χ4v) is 3.60. The largest absolute Gasteiger partial charge is 0.338 e. The van der Waals surface area contributed by atoms with E-state index in [-0.39, 0.29) is 12.1 Å². The van der Waals surface area contributed by atoms with Crippen LogP contribution in [0.5, 0.6) is 0 Å². The fraction of sp³-hybridized carbons (Fsp3) is 0.444. The van der Waals surface area contributed by atoms with Gasteiger partial charge in [0, 0.05) is 39.4 Å². The van der Waals surface area contributed by atoms with Crippen molar-refractivity contribution >= 4 is 12.0 Å². The summed E-state index contributed by atoms with van der Waals surface area (Å²) >= 11 is 0. The highest BCUT2D eigenvalue weighted by Crippen LogP contribution is 2.33. The van der Waals surface area contributed by atoms with E-state index in [1.807, 2.05) is 42.2 Å². The molecule has 2 atom stereocenters. The first-order chi connectivity index (χ1) is 12.6. The minimum absolute atomic E-state index is 0.131. The van der Waals surface area contributed by atoms with E-state index in [0.717, 1.165) is 36.8 Å². The summed E-state index contributed by atoms with van der Waals surface area (Å²) in [5.41, 5.74) is 1.64. The van der Waals surface area contributed by atoms with Gasteiger partial charge in [-0.25, -0.2) is 9.79 Å². The number of carbonyl (C=O) groups is 1. The molecule has 3 heterocycles. The first-order valence-corrected chi connectivity index (χ1v) is 8.92. The summed E-state index contributed by atoms with van der Waals surface area (Å²) in [6.07, 6.45) is 1.24. The van der Waals surface area contributed by atoms with Crippen molar-refractivity contribution in [2.45, 2.75) is 19.1 Å². The van der Waals surface area contributed by atoms with Crippen LogP contribution in [0.4, 0.5) is 4.79 Å². The van der Waals surface area contributed by atoms with Crippen LogP contribution >= 0.6 is 0 Å². The van der Waals surface area contributed by atoms with Gasteiger partial charge < -0.3 is 10.2 Å². The Morgan fingerprint density at radius 2 is 1.92 bits per heavy atom. The minimum Gasteiger partial charge on any atom is -0.338 e. The number of piperazine rings is 1. The van der Waals surface area contributed by atoms with Crippen LogP contribution in [0.15, 0.2) is 47.2 Å². The predicted molar refractivity (Wildman–Crippen MR) is 97.2 cm³/mol. The molecule has 1 aromatic rings. The van der Waals surface area contributed by atoms with Gasteiger partial charge >= 0.3 is 6.03 Å². The normalized spacial score (nSPS) is 24.4. The maximum atomic E-state index is 12.9. The number of urea groups is 1. The molecule has 1 aromatic carbocycles. The molecule has 8 nitrogen and oxygen atoms in total. The highest BCUT2D eigenvalue weighted by atomic mass is 16.5. The summed E-state index contributed by atoms with van der Waals surface area (Å²) < 4.78 is 0. The summed E-state index contributed by atoms with van der Waals surface area (Å²) in [7, 11) is 1.72. The third-order valence-corrected chi connectivity index (χ3v) is 5.20. The first-order valence-electron chi connectivity index (χ1n) is 8.92.